The number of alkyl halides is 1. The number of rotatable bonds is 11. The standard InChI is InChI=1S/C35H34BrN5O5/c1-21-39-33(41-46-21)32-37-19-30(20-38-32)45-28-12-7-24(8-13-28)35(2,3)23-5-10-27(11-6-23)44-29-16-26(17-29)40-25-9-14-31(34(42)43-4)22(15-25)18-36/h5-15,19-20,26,29,40H,16-18H2,1-4H3. The highest BCUT2D eigenvalue weighted by Crippen LogP contribution is 2.35. The number of methoxy groups -OCH3 is 1. The van der Waals surface area contributed by atoms with Crippen molar-refractivity contribution in [1.82, 2.24) is 20.1 Å². The van der Waals surface area contributed by atoms with Crippen molar-refractivity contribution in [2.75, 3.05) is 12.4 Å². The molecule has 46 heavy (non-hydrogen) atoms. The number of carbonyl (C=O) groups excluding carboxylic acids is 1. The normalized spacial score (nSPS) is 15.9. The first-order valence-electron chi connectivity index (χ1n) is 14.9. The van der Waals surface area contributed by atoms with Gasteiger partial charge in [-0.1, -0.05) is 59.2 Å². The van der Waals surface area contributed by atoms with Gasteiger partial charge in [0.15, 0.2) is 5.75 Å². The van der Waals surface area contributed by atoms with Gasteiger partial charge in [-0.2, -0.15) is 4.98 Å². The average molecular weight is 685 g/mol. The van der Waals surface area contributed by atoms with E-state index in [-0.39, 0.29) is 17.5 Å². The molecule has 0 atom stereocenters. The third kappa shape index (κ3) is 6.89. The zero-order valence-corrected chi connectivity index (χ0v) is 27.6. The van der Waals surface area contributed by atoms with E-state index in [9.17, 15) is 4.79 Å². The zero-order valence-electron chi connectivity index (χ0n) is 26.0. The Morgan fingerprint density at radius 1 is 0.935 bits per heavy atom. The smallest absolute Gasteiger partial charge is 0.338 e. The summed E-state index contributed by atoms with van der Waals surface area (Å²) in [6.07, 6.45) is 5.13. The van der Waals surface area contributed by atoms with E-state index in [1.165, 1.54) is 12.7 Å². The van der Waals surface area contributed by atoms with Crippen molar-refractivity contribution in [3.05, 3.63) is 107 Å². The molecule has 1 fully saturated rings. The summed E-state index contributed by atoms with van der Waals surface area (Å²) in [4.78, 5) is 24.7. The third-order valence-electron chi connectivity index (χ3n) is 8.17. The molecule has 0 saturated heterocycles. The van der Waals surface area contributed by atoms with E-state index in [1.807, 2.05) is 36.4 Å². The molecule has 11 heteroatoms. The van der Waals surface area contributed by atoms with E-state index in [2.05, 4.69) is 79.5 Å². The minimum atomic E-state index is -0.331. The van der Waals surface area contributed by atoms with Crippen molar-refractivity contribution in [1.29, 1.82) is 0 Å². The number of benzene rings is 3. The quantitative estimate of drug-likeness (QED) is 0.110. The van der Waals surface area contributed by atoms with Crippen molar-refractivity contribution in [2.24, 2.45) is 0 Å². The summed E-state index contributed by atoms with van der Waals surface area (Å²) in [5, 5.41) is 7.96. The number of anilines is 1. The van der Waals surface area contributed by atoms with Crippen LogP contribution < -0.4 is 14.8 Å². The van der Waals surface area contributed by atoms with Gasteiger partial charge in [-0.25, -0.2) is 14.8 Å². The molecule has 1 saturated carbocycles. The molecule has 3 aromatic carbocycles. The summed E-state index contributed by atoms with van der Waals surface area (Å²) in [6, 6.07) is 22.4. The molecule has 236 valence electrons. The molecule has 2 aromatic heterocycles. The second-order valence-corrected chi connectivity index (χ2v) is 12.3. The molecule has 0 bridgehead atoms. The van der Waals surface area contributed by atoms with Gasteiger partial charge >= 0.3 is 5.97 Å². The van der Waals surface area contributed by atoms with Crippen LogP contribution in [0.4, 0.5) is 5.69 Å². The van der Waals surface area contributed by atoms with Crippen molar-refractivity contribution in [2.45, 2.75) is 56.5 Å². The van der Waals surface area contributed by atoms with Crippen molar-refractivity contribution in [3.8, 4) is 28.9 Å². The van der Waals surface area contributed by atoms with Crippen LogP contribution in [0.2, 0.25) is 0 Å². The fourth-order valence-corrected chi connectivity index (χ4v) is 5.84. The fourth-order valence-electron chi connectivity index (χ4n) is 5.38. The molecule has 6 rings (SSSR count). The van der Waals surface area contributed by atoms with Crippen LogP contribution in [-0.4, -0.2) is 45.3 Å². The van der Waals surface area contributed by atoms with Gasteiger partial charge in [0.25, 0.3) is 0 Å². The maximum atomic E-state index is 12.0. The second kappa shape index (κ2) is 13.3. The van der Waals surface area contributed by atoms with Gasteiger partial charge in [-0.05, 0) is 59.2 Å². The lowest BCUT2D eigenvalue weighted by Gasteiger charge is -2.36. The highest BCUT2D eigenvalue weighted by molar-refractivity contribution is 9.08. The Hall–Kier alpha value is -4.77. The van der Waals surface area contributed by atoms with Gasteiger partial charge in [0.2, 0.25) is 17.5 Å². The summed E-state index contributed by atoms with van der Waals surface area (Å²) < 4.78 is 22.1. The second-order valence-electron chi connectivity index (χ2n) is 11.7. The van der Waals surface area contributed by atoms with Crippen LogP contribution in [0.5, 0.6) is 17.2 Å². The summed E-state index contributed by atoms with van der Waals surface area (Å²) in [5.74, 6) is 2.89. The lowest BCUT2D eigenvalue weighted by atomic mass is 9.78. The lowest BCUT2D eigenvalue weighted by Crippen LogP contribution is -2.42. The van der Waals surface area contributed by atoms with Crippen molar-refractivity contribution < 1.29 is 23.5 Å². The number of esters is 1. The Labute approximate surface area is 275 Å². The van der Waals surface area contributed by atoms with E-state index >= 15 is 0 Å². The Bertz CT molecular complexity index is 1800. The highest BCUT2D eigenvalue weighted by Gasteiger charge is 2.31. The van der Waals surface area contributed by atoms with Crippen molar-refractivity contribution >= 4 is 27.6 Å². The minimum Gasteiger partial charge on any atom is -0.490 e. The number of hydrogen-bond acceptors (Lipinski definition) is 10. The highest BCUT2D eigenvalue weighted by atomic mass is 79.9. The Morgan fingerprint density at radius 2 is 1.59 bits per heavy atom. The van der Waals surface area contributed by atoms with E-state index in [0.717, 1.165) is 35.4 Å². The van der Waals surface area contributed by atoms with Gasteiger partial charge in [0.05, 0.1) is 25.1 Å². The monoisotopic (exact) mass is 683 g/mol. The topological polar surface area (TPSA) is 121 Å². The summed E-state index contributed by atoms with van der Waals surface area (Å²) in [5.41, 5.74) is 4.56. The van der Waals surface area contributed by atoms with Gasteiger partial charge in [-0.3, -0.25) is 0 Å². The molecule has 0 amide bonds. The predicted molar refractivity (Wildman–Crippen MR) is 177 cm³/mol. The zero-order chi connectivity index (χ0) is 32.3. The van der Waals surface area contributed by atoms with Gasteiger partial charge < -0.3 is 24.1 Å². The third-order valence-corrected chi connectivity index (χ3v) is 8.77. The van der Waals surface area contributed by atoms with Crippen LogP contribution in [0, 0.1) is 6.92 Å². The number of halogens is 1. The minimum absolute atomic E-state index is 0.152. The molecule has 0 aliphatic heterocycles. The fraction of sp³-hybridized carbons (Fsp3) is 0.286. The molecule has 0 radical (unpaired) electrons. The number of nitrogens with one attached hydrogen (secondary N) is 1. The van der Waals surface area contributed by atoms with Crippen LogP contribution >= 0.6 is 15.9 Å². The molecular formula is C35H34BrN5O5. The Balaban J connectivity index is 1.01. The maximum Gasteiger partial charge on any atom is 0.338 e. The first-order chi connectivity index (χ1) is 22.2. The number of aromatic nitrogens is 4. The summed E-state index contributed by atoms with van der Waals surface area (Å²) in [6.45, 7) is 6.11. The molecule has 10 nitrogen and oxygen atoms in total. The van der Waals surface area contributed by atoms with E-state index in [0.29, 0.717) is 46.0 Å². The maximum absolute atomic E-state index is 12.0. The number of carbonyl (C=O) groups is 1. The number of ether oxygens (including phenoxy) is 3. The Morgan fingerprint density at radius 3 is 2.17 bits per heavy atom. The van der Waals surface area contributed by atoms with Crippen LogP contribution in [0.3, 0.4) is 0 Å². The van der Waals surface area contributed by atoms with E-state index < -0.39 is 0 Å². The van der Waals surface area contributed by atoms with Crippen LogP contribution in [0.1, 0.15) is 59.6 Å². The van der Waals surface area contributed by atoms with Gasteiger partial charge in [-0.15, -0.1) is 0 Å². The summed E-state index contributed by atoms with van der Waals surface area (Å²) >= 11 is 3.47. The lowest BCUT2D eigenvalue weighted by molar-refractivity contribution is 0.0600. The van der Waals surface area contributed by atoms with Gasteiger partial charge in [0, 0.05) is 42.2 Å². The van der Waals surface area contributed by atoms with Gasteiger partial charge in [0.1, 0.15) is 17.6 Å². The molecule has 1 aliphatic rings. The van der Waals surface area contributed by atoms with E-state index in [1.54, 1.807) is 25.4 Å². The molecule has 5 aromatic rings. The number of nitrogens with zero attached hydrogens (tertiary/aromatic N) is 4. The molecule has 0 unspecified atom stereocenters. The SMILES string of the molecule is COC(=O)c1ccc(NC2CC(Oc3ccc(C(C)(C)c4ccc(Oc5cnc(-c6noc(C)n6)nc5)cc4)cc3)C2)cc1CBr. The number of hydrogen-bond donors (Lipinski definition) is 1. The molecule has 2 heterocycles. The van der Waals surface area contributed by atoms with Crippen LogP contribution in [-0.2, 0) is 15.5 Å². The molecule has 1 aliphatic carbocycles. The Kier molecular flexibility index (Phi) is 9.03. The van der Waals surface area contributed by atoms with Crippen molar-refractivity contribution in [3.63, 3.8) is 0 Å². The predicted octanol–water partition coefficient (Wildman–Crippen LogP) is 7.66. The van der Waals surface area contributed by atoms with E-state index in [4.69, 9.17) is 18.7 Å². The average Bonchev–Trinajstić information content (AvgIpc) is 3.50. The first kappa shape index (κ1) is 31.2. The number of aryl methyl sites for hydroxylation is 1. The van der Waals surface area contributed by atoms with Crippen LogP contribution in [0.15, 0.2) is 83.6 Å². The first-order valence-corrected chi connectivity index (χ1v) is 16.1. The summed E-state index contributed by atoms with van der Waals surface area (Å²) in [7, 11) is 1.39. The molecule has 1 N–H and O–H groups in total. The molecule has 0 spiro atoms. The van der Waals surface area contributed by atoms with Crippen LogP contribution in [0.25, 0.3) is 11.6 Å². The largest absolute Gasteiger partial charge is 0.490 e. The molecular weight excluding hydrogens is 650 g/mol.